The maximum absolute atomic E-state index is 13.5. The molecule has 3 aromatic rings. The molecule has 0 bridgehead atoms. The molecule has 1 aromatic heterocycles. The summed E-state index contributed by atoms with van der Waals surface area (Å²) >= 11 is 1.36. The van der Waals surface area contributed by atoms with E-state index < -0.39 is 11.5 Å². The molecular formula is C28H28N4O3S. The van der Waals surface area contributed by atoms with Crippen molar-refractivity contribution in [1.82, 2.24) is 15.2 Å². The lowest BCUT2D eigenvalue weighted by Gasteiger charge is -2.28. The number of amides is 3. The zero-order chi connectivity index (χ0) is 24.7. The first kappa shape index (κ1) is 22.9. The number of hydrogen-bond acceptors (Lipinski definition) is 5. The summed E-state index contributed by atoms with van der Waals surface area (Å²) in [5, 5.41) is 8.33. The number of nitrogens with zero attached hydrogens (tertiary/aromatic N) is 2. The number of likely N-dealkylation sites (tertiary alicyclic amines) is 1. The number of carbonyl (C=O) groups excluding carboxylic acids is 3. The largest absolute Gasteiger partial charge is 0.349 e. The van der Waals surface area contributed by atoms with Crippen molar-refractivity contribution >= 4 is 34.2 Å². The van der Waals surface area contributed by atoms with Crippen LogP contribution in [-0.2, 0) is 15.0 Å². The SMILES string of the molecule is O=C(NC1CC1)c1ccc(-c2csc(NC(=O)C3CCCN3C(=O)C3(c4ccccc4)CC3)n2)cc1. The van der Waals surface area contributed by atoms with Gasteiger partial charge in [-0.05, 0) is 56.2 Å². The lowest BCUT2D eigenvalue weighted by Crippen LogP contribution is -2.47. The molecule has 8 heteroatoms. The number of thiazole rings is 1. The summed E-state index contributed by atoms with van der Waals surface area (Å²) in [4.78, 5) is 45.3. The van der Waals surface area contributed by atoms with E-state index in [4.69, 9.17) is 0 Å². The van der Waals surface area contributed by atoms with Crippen molar-refractivity contribution < 1.29 is 14.4 Å². The minimum atomic E-state index is -0.477. The van der Waals surface area contributed by atoms with Crippen molar-refractivity contribution in [1.29, 1.82) is 0 Å². The Morgan fingerprint density at radius 3 is 2.42 bits per heavy atom. The monoisotopic (exact) mass is 500 g/mol. The number of benzene rings is 2. The highest BCUT2D eigenvalue weighted by Gasteiger charge is 2.55. The Morgan fingerprint density at radius 2 is 1.72 bits per heavy atom. The molecule has 2 saturated carbocycles. The normalized spacial score (nSPS) is 20.1. The Balaban J connectivity index is 1.11. The molecule has 3 fully saturated rings. The molecule has 184 valence electrons. The molecule has 36 heavy (non-hydrogen) atoms. The molecule has 2 aliphatic carbocycles. The number of carbonyl (C=O) groups is 3. The van der Waals surface area contributed by atoms with Crippen molar-refractivity contribution in [3.8, 4) is 11.3 Å². The van der Waals surface area contributed by atoms with Crippen molar-refractivity contribution in [2.45, 2.75) is 56.0 Å². The van der Waals surface area contributed by atoms with Crippen LogP contribution in [-0.4, -0.2) is 46.2 Å². The second kappa shape index (κ2) is 9.17. The van der Waals surface area contributed by atoms with Gasteiger partial charge in [-0.3, -0.25) is 14.4 Å². The van der Waals surface area contributed by atoms with Crippen LogP contribution in [0.1, 0.15) is 54.4 Å². The zero-order valence-corrected chi connectivity index (χ0v) is 20.7. The van der Waals surface area contributed by atoms with Gasteiger partial charge in [-0.2, -0.15) is 0 Å². The van der Waals surface area contributed by atoms with Crippen LogP contribution in [0.15, 0.2) is 60.0 Å². The van der Waals surface area contributed by atoms with Gasteiger partial charge in [0.05, 0.1) is 11.1 Å². The van der Waals surface area contributed by atoms with E-state index in [1.165, 1.54) is 11.3 Å². The minimum Gasteiger partial charge on any atom is -0.349 e. The Kier molecular flexibility index (Phi) is 5.84. The zero-order valence-electron chi connectivity index (χ0n) is 19.9. The Morgan fingerprint density at radius 1 is 0.972 bits per heavy atom. The third-order valence-corrected chi connectivity index (χ3v) is 8.15. The van der Waals surface area contributed by atoms with E-state index in [1.54, 1.807) is 17.0 Å². The van der Waals surface area contributed by atoms with E-state index in [-0.39, 0.29) is 17.7 Å². The van der Waals surface area contributed by atoms with Gasteiger partial charge in [-0.15, -0.1) is 11.3 Å². The van der Waals surface area contributed by atoms with Crippen LogP contribution in [0.4, 0.5) is 5.13 Å². The second-order valence-electron chi connectivity index (χ2n) is 9.96. The predicted molar refractivity (Wildman–Crippen MR) is 139 cm³/mol. The fraction of sp³-hybridized carbons (Fsp3) is 0.357. The molecule has 1 atom stereocenters. The van der Waals surface area contributed by atoms with Gasteiger partial charge in [0.15, 0.2) is 5.13 Å². The fourth-order valence-corrected chi connectivity index (χ4v) is 5.73. The fourth-order valence-electron chi connectivity index (χ4n) is 5.01. The van der Waals surface area contributed by atoms with Crippen LogP contribution in [0.5, 0.6) is 0 Å². The second-order valence-corrected chi connectivity index (χ2v) is 10.8. The number of rotatable bonds is 7. The molecule has 0 radical (unpaired) electrons. The van der Waals surface area contributed by atoms with E-state index >= 15 is 0 Å². The Hall–Kier alpha value is -3.52. The van der Waals surface area contributed by atoms with Crippen LogP contribution in [0.25, 0.3) is 11.3 Å². The van der Waals surface area contributed by atoms with E-state index in [2.05, 4.69) is 15.6 Å². The maximum Gasteiger partial charge on any atom is 0.251 e. The number of anilines is 1. The van der Waals surface area contributed by atoms with E-state index in [9.17, 15) is 14.4 Å². The van der Waals surface area contributed by atoms with Crippen molar-refractivity contribution in [3.63, 3.8) is 0 Å². The quantitative estimate of drug-likeness (QED) is 0.504. The summed E-state index contributed by atoms with van der Waals surface area (Å²) in [6.45, 7) is 0.606. The van der Waals surface area contributed by atoms with Crippen molar-refractivity contribution in [3.05, 3.63) is 71.1 Å². The molecule has 0 spiro atoms. The summed E-state index contributed by atoms with van der Waals surface area (Å²) in [6, 6.07) is 17.1. The smallest absolute Gasteiger partial charge is 0.251 e. The molecule has 3 aliphatic rings. The molecule has 6 rings (SSSR count). The van der Waals surface area contributed by atoms with Gasteiger partial charge in [0.2, 0.25) is 11.8 Å². The summed E-state index contributed by atoms with van der Waals surface area (Å²) in [5.41, 5.74) is 2.82. The van der Waals surface area contributed by atoms with Crippen LogP contribution >= 0.6 is 11.3 Å². The van der Waals surface area contributed by atoms with E-state index in [0.29, 0.717) is 29.7 Å². The highest BCUT2D eigenvalue weighted by atomic mass is 32.1. The van der Waals surface area contributed by atoms with Crippen LogP contribution in [0, 0.1) is 0 Å². The number of nitrogens with one attached hydrogen (secondary N) is 2. The van der Waals surface area contributed by atoms with E-state index in [1.807, 2.05) is 47.8 Å². The molecule has 1 aliphatic heterocycles. The highest BCUT2D eigenvalue weighted by molar-refractivity contribution is 7.14. The maximum atomic E-state index is 13.5. The van der Waals surface area contributed by atoms with Gasteiger partial charge >= 0.3 is 0 Å². The summed E-state index contributed by atoms with van der Waals surface area (Å²) in [5.74, 6) is -0.166. The lowest BCUT2D eigenvalue weighted by molar-refractivity contribution is -0.138. The summed E-state index contributed by atoms with van der Waals surface area (Å²) in [7, 11) is 0. The average molecular weight is 501 g/mol. The van der Waals surface area contributed by atoms with Crippen molar-refractivity contribution in [2.24, 2.45) is 0 Å². The third kappa shape index (κ3) is 4.41. The van der Waals surface area contributed by atoms with Gasteiger partial charge in [0.25, 0.3) is 5.91 Å². The summed E-state index contributed by atoms with van der Waals surface area (Å²) in [6.07, 6.45) is 5.24. The topological polar surface area (TPSA) is 91.4 Å². The highest BCUT2D eigenvalue weighted by Crippen LogP contribution is 2.50. The van der Waals surface area contributed by atoms with Crippen LogP contribution in [0.2, 0.25) is 0 Å². The van der Waals surface area contributed by atoms with Crippen molar-refractivity contribution in [2.75, 3.05) is 11.9 Å². The van der Waals surface area contributed by atoms with Gasteiger partial charge in [-0.1, -0.05) is 42.5 Å². The third-order valence-electron chi connectivity index (χ3n) is 7.39. The number of aromatic nitrogens is 1. The molecule has 1 saturated heterocycles. The predicted octanol–water partition coefficient (Wildman–Crippen LogP) is 4.36. The Labute approximate surface area is 213 Å². The first-order valence-corrected chi connectivity index (χ1v) is 13.5. The molecule has 2 heterocycles. The van der Waals surface area contributed by atoms with Gasteiger partial charge in [0, 0.05) is 29.1 Å². The van der Waals surface area contributed by atoms with Crippen LogP contribution in [0.3, 0.4) is 0 Å². The lowest BCUT2D eigenvalue weighted by atomic mass is 9.94. The van der Waals surface area contributed by atoms with Gasteiger partial charge < -0.3 is 15.5 Å². The molecule has 2 aromatic carbocycles. The minimum absolute atomic E-state index is 0.0498. The van der Waals surface area contributed by atoms with E-state index in [0.717, 1.165) is 48.9 Å². The first-order chi connectivity index (χ1) is 17.5. The molecule has 1 unspecified atom stereocenters. The molecule has 7 nitrogen and oxygen atoms in total. The standard InChI is InChI=1S/C28H28N4O3S/c33-24(29-21-12-13-21)19-10-8-18(9-11-19)22-17-36-27(30-22)31-25(34)23-7-4-16-32(23)26(35)28(14-15-28)20-5-2-1-3-6-20/h1-3,5-6,8-11,17,21,23H,4,7,12-16H2,(H,29,33)(H,30,31,34). The molecular weight excluding hydrogens is 472 g/mol. The first-order valence-electron chi connectivity index (χ1n) is 12.6. The average Bonchev–Trinajstić information content (AvgIpc) is 3.80. The molecule has 3 amide bonds. The summed E-state index contributed by atoms with van der Waals surface area (Å²) < 4.78 is 0. The van der Waals surface area contributed by atoms with Gasteiger partial charge in [0.1, 0.15) is 6.04 Å². The number of hydrogen-bond donors (Lipinski definition) is 2. The molecule has 2 N–H and O–H groups in total. The van der Waals surface area contributed by atoms with Crippen LogP contribution < -0.4 is 10.6 Å². The Bertz CT molecular complexity index is 1300. The van der Waals surface area contributed by atoms with Gasteiger partial charge in [-0.25, -0.2) is 4.98 Å².